The summed E-state index contributed by atoms with van der Waals surface area (Å²) in [6.07, 6.45) is 0. The highest BCUT2D eigenvalue weighted by Gasteiger charge is 2.28. The number of ether oxygens (including phenoxy) is 4. The zero-order valence-electron chi connectivity index (χ0n) is 34.3. The van der Waals surface area contributed by atoms with Gasteiger partial charge in [0.15, 0.2) is 0 Å². The highest BCUT2D eigenvalue weighted by Crippen LogP contribution is 2.37. The first-order valence-electron chi connectivity index (χ1n) is 19.2. The Morgan fingerprint density at radius 1 is 0.536 bits per heavy atom. The minimum atomic E-state index is -0.304. The molecule has 0 amide bonds. The topological polar surface area (TPSA) is 80.9 Å². The maximum atomic E-state index is 12.9. The monoisotopic (exact) mass is 754 g/mol. The van der Waals surface area contributed by atoms with Crippen LogP contribution in [0.1, 0.15) is 96.6 Å². The number of aromatic nitrogens is 2. The van der Waals surface area contributed by atoms with Crippen LogP contribution < -0.4 is 9.47 Å². The quantitative estimate of drug-likeness (QED) is 0.116. The second-order valence-corrected chi connectivity index (χ2v) is 14.1. The minimum Gasteiger partial charge on any atom is -0.497 e. The molecule has 0 saturated carbocycles. The predicted molar refractivity (Wildman–Crippen MR) is 225 cm³/mol. The van der Waals surface area contributed by atoms with E-state index in [1.807, 2.05) is 95.8 Å². The third-order valence-corrected chi connectivity index (χ3v) is 9.75. The number of esters is 2. The number of carbonyl (C=O) groups is 2. The fourth-order valence-corrected chi connectivity index (χ4v) is 6.87. The van der Waals surface area contributed by atoms with E-state index in [1.54, 1.807) is 14.2 Å². The first-order chi connectivity index (χ1) is 26.9. The molecule has 0 aliphatic rings. The van der Waals surface area contributed by atoms with Crippen LogP contribution >= 0.6 is 0 Å². The van der Waals surface area contributed by atoms with Gasteiger partial charge in [-0.05, 0) is 122 Å². The second kappa shape index (κ2) is 18.5. The van der Waals surface area contributed by atoms with Crippen molar-refractivity contribution in [1.29, 1.82) is 0 Å². The number of hydrogen-bond donors (Lipinski definition) is 0. The van der Waals surface area contributed by atoms with E-state index >= 15 is 0 Å². The van der Waals surface area contributed by atoms with Crippen LogP contribution in [0.25, 0.3) is 33.9 Å². The summed E-state index contributed by atoms with van der Waals surface area (Å²) in [7, 11) is 3.29. The molecule has 2 aromatic heterocycles. The van der Waals surface area contributed by atoms with Gasteiger partial charge in [0.25, 0.3) is 0 Å². The van der Waals surface area contributed by atoms with Crippen molar-refractivity contribution < 1.29 is 28.5 Å². The fraction of sp³-hybridized carbons (Fsp3) is 0.292. The Kier molecular flexibility index (Phi) is 13.6. The maximum Gasteiger partial charge on any atom is 0.355 e. The number of hydrogen-bond acceptors (Lipinski definition) is 6. The minimum absolute atomic E-state index is 0.182. The van der Waals surface area contributed by atoms with Crippen molar-refractivity contribution >= 4 is 11.9 Å². The average Bonchev–Trinajstić information content (AvgIpc) is 3.80. The van der Waals surface area contributed by atoms with E-state index in [4.69, 9.17) is 18.9 Å². The summed E-state index contributed by atoms with van der Waals surface area (Å²) in [6, 6.07) is 36.1. The van der Waals surface area contributed by atoms with Gasteiger partial charge in [0, 0.05) is 22.5 Å². The number of rotatable bonds is 12. The number of methoxy groups -OCH3 is 2. The first kappa shape index (κ1) is 41.1. The molecule has 6 aromatic rings. The van der Waals surface area contributed by atoms with Gasteiger partial charge in [0.2, 0.25) is 0 Å². The first-order valence-corrected chi connectivity index (χ1v) is 19.2. The van der Waals surface area contributed by atoms with Crippen LogP contribution in [-0.2, 0) is 9.47 Å². The Hall–Kier alpha value is -6.02. The number of nitrogens with zero attached hydrogens (tertiary/aromatic N) is 2. The highest BCUT2D eigenvalue weighted by molar-refractivity contribution is 5.94. The molecule has 0 aliphatic carbocycles. The van der Waals surface area contributed by atoms with Crippen molar-refractivity contribution in [3.8, 4) is 45.4 Å². The van der Waals surface area contributed by atoms with Crippen molar-refractivity contribution in [3.63, 3.8) is 0 Å². The summed E-state index contributed by atoms with van der Waals surface area (Å²) in [5.74, 6) is 1.30. The summed E-state index contributed by atoms with van der Waals surface area (Å²) in [6.45, 7) is 16.9. The Morgan fingerprint density at radius 3 is 1.16 bits per heavy atom. The third kappa shape index (κ3) is 8.76. The van der Waals surface area contributed by atoms with Gasteiger partial charge in [-0.15, -0.1) is 0 Å². The van der Waals surface area contributed by atoms with Crippen LogP contribution in [0.15, 0.2) is 109 Å². The van der Waals surface area contributed by atoms with E-state index in [1.165, 1.54) is 0 Å². The van der Waals surface area contributed by atoms with Gasteiger partial charge in [-0.1, -0.05) is 76.2 Å². The maximum absolute atomic E-state index is 12.9. The van der Waals surface area contributed by atoms with E-state index in [-0.39, 0.29) is 23.8 Å². The van der Waals surface area contributed by atoms with Gasteiger partial charge in [0.1, 0.15) is 22.9 Å². The molecule has 56 heavy (non-hydrogen) atoms. The van der Waals surface area contributed by atoms with Gasteiger partial charge in [-0.3, -0.25) is 0 Å². The Morgan fingerprint density at radius 2 is 0.875 bits per heavy atom. The molecule has 8 heteroatoms. The van der Waals surface area contributed by atoms with Crippen LogP contribution in [0.5, 0.6) is 11.5 Å². The number of carbonyl (C=O) groups excluding carboxylic acids is 2. The number of aryl methyl sites for hydroxylation is 2. The lowest BCUT2D eigenvalue weighted by Crippen LogP contribution is -2.14. The zero-order valence-corrected chi connectivity index (χ0v) is 34.3. The van der Waals surface area contributed by atoms with E-state index in [2.05, 4.69) is 77.9 Å². The highest BCUT2D eigenvalue weighted by atomic mass is 16.5. The molecule has 4 aromatic carbocycles. The van der Waals surface area contributed by atoms with Crippen LogP contribution in [0.2, 0.25) is 0 Å². The zero-order chi connectivity index (χ0) is 40.5. The van der Waals surface area contributed by atoms with Gasteiger partial charge < -0.3 is 28.1 Å². The molecule has 6 rings (SSSR count). The van der Waals surface area contributed by atoms with E-state index < -0.39 is 0 Å². The van der Waals surface area contributed by atoms with Crippen LogP contribution in [0.3, 0.4) is 0 Å². The van der Waals surface area contributed by atoms with Crippen molar-refractivity contribution in [2.75, 3.05) is 27.4 Å². The molecular weight excluding hydrogens is 701 g/mol. The Balaban J connectivity index is 0.000000214. The summed E-state index contributed by atoms with van der Waals surface area (Å²) < 4.78 is 25.5. The molecule has 8 nitrogen and oxygen atoms in total. The van der Waals surface area contributed by atoms with Gasteiger partial charge in [-0.25, -0.2) is 9.59 Å². The third-order valence-electron chi connectivity index (χ3n) is 9.75. The summed E-state index contributed by atoms with van der Waals surface area (Å²) in [5, 5.41) is 0. The largest absolute Gasteiger partial charge is 0.497 e. The molecule has 0 unspecified atom stereocenters. The van der Waals surface area contributed by atoms with E-state index in [0.717, 1.165) is 67.6 Å². The standard InChI is InChI=1S/2C24H27NO3/c2*1-6-28-24(26)23-21(16(2)3)15-22(20-10-8-7-9-17(20)4)25(23)18-11-13-19(27-5)14-12-18/h2*7-16H,6H2,1-5H3. The molecule has 0 N–H and O–H groups in total. The smallest absolute Gasteiger partial charge is 0.355 e. The van der Waals surface area contributed by atoms with Gasteiger partial charge >= 0.3 is 11.9 Å². The van der Waals surface area contributed by atoms with E-state index in [9.17, 15) is 9.59 Å². The molecule has 292 valence electrons. The molecule has 2 heterocycles. The lowest BCUT2D eigenvalue weighted by molar-refractivity contribution is 0.0506. The predicted octanol–water partition coefficient (Wildman–Crippen LogP) is 11.5. The number of benzene rings is 4. The lowest BCUT2D eigenvalue weighted by Gasteiger charge is -2.16. The Labute approximate surface area is 331 Å². The summed E-state index contributed by atoms with van der Waals surface area (Å²) in [5.41, 5.74) is 11.4. The van der Waals surface area contributed by atoms with Crippen LogP contribution in [0, 0.1) is 13.8 Å². The normalized spacial score (nSPS) is 10.9. The second-order valence-electron chi connectivity index (χ2n) is 14.1. The molecule has 0 radical (unpaired) electrons. The molecule has 0 fully saturated rings. The van der Waals surface area contributed by atoms with Gasteiger partial charge in [-0.2, -0.15) is 0 Å². The molecule has 0 spiro atoms. The van der Waals surface area contributed by atoms with Gasteiger partial charge in [0.05, 0.1) is 38.8 Å². The fourth-order valence-electron chi connectivity index (χ4n) is 6.87. The van der Waals surface area contributed by atoms with Crippen molar-refractivity contribution in [1.82, 2.24) is 9.13 Å². The molecule has 0 atom stereocenters. The van der Waals surface area contributed by atoms with Crippen LogP contribution in [0.4, 0.5) is 0 Å². The van der Waals surface area contributed by atoms with Crippen molar-refractivity contribution in [2.24, 2.45) is 0 Å². The van der Waals surface area contributed by atoms with Crippen LogP contribution in [-0.4, -0.2) is 48.5 Å². The van der Waals surface area contributed by atoms with E-state index in [0.29, 0.717) is 24.6 Å². The molecule has 0 saturated heterocycles. The SMILES string of the molecule is CCOC(=O)c1c(C(C)C)cc(-c2ccccc2C)n1-c1ccc(OC)cc1.CCOC(=O)c1c(C(C)C)cc(-c2ccccc2C)n1-c1ccc(OC)cc1. The summed E-state index contributed by atoms with van der Waals surface area (Å²) >= 11 is 0. The molecule has 0 bridgehead atoms. The van der Waals surface area contributed by atoms with Crippen molar-refractivity contribution in [3.05, 3.63) is 143 Å². The Bertz CT molecular complexity index is 2100. The average molecular weight is 755 g/mol. The molecular formula is C48H54N2O6. The lowest BCUT2D eigenvalue weighted by atomic mass is 10.0. The van der Waals surface area contributed by atoms with Crippen molar-refractivity contribution in [2.45, 2.75) is 67.2 Å². The summed E-state index contributed by atoms with van der Waals surface area (Å²) in [4.78, 5) is 25.9. The molecule has 0 aliphatic heterocycles.